The van der Waals surface area contributed by atoms with Gasteiger partial charge >= 0.3 is 5.97 Å². The minimum absolute atomic E-state index is 0.0438. The van der Waals surface area contributed by atoms with E-state index in [1.54, 1.807) is 0 Å². The molecule has 0 amide bonds. The molecule has 4 heteroatoms. The Morgan fingerprint density at radius 3 is 2.62 bits per heavy atom. The van der Waals surface area contributed by atoms with Gasteiger partial charge in [-0.1, -0.05) is 46.3 Å². The molecule has 21 heavy (non-hydrogen) atoms. The fourth-order valence-electron chi connectivity index (χ4n) is 3.51. The zero-order chi connectivity index (χ0) is 14.6. The normalized spacial score (nSPS) is 28.3. The van der Waals surface area contributed by atoms with Crippen LogP contribution in [0, 0.1) is 0 Å². The molecule has 1 aliphatic carbocycles. The van der Waals surface area contributed by atoms with Crippen molar-refractivity contribution >= 4 is 21.9 Å². The van der Waals surface area contributed by atoms with Gasteiger partial charge in [-0.3, -0.25) is 4.79 Å². The van der Waals surface area contributed by atoms with Crippen molar-refractivity contribution < 1.29 is 14.3 Å². The first-order chi connectivity index (χ1) is 10.2. The summed E-state index contributed by atoms with van der Waals surface area (Å²) in [4.78, 5) is 12.5. The van der Waals surface area contributed by atoms with E-state index in [1.807, 2.05) is 48.5 Å². The van der Waals surface area contributed by atoms with Crippen LogP contribution in [0.3, 0.4) is 0 Å². The van der Waals surface area contributed by atoms with Gasteiger partial charge in [-0.25, -0.2) is 0 Å². The molecule has 3 nitrogen and oxygen atoms in total. The highest BCUT2D eigenvalue weighted by Gasteiger charge is 2.77. The first-order valence-electron chi connectivity index (χ1n) is 6.79. The quantitative estimate of drug-likeness (QED) is 0.783. The van der Waals surface area contributed by atoms with Gasteiger partial charge in [-0.2, -0.15) is 0 Å². The van der Waals surface area contributed by atoms with Crippen molar-refractivity contribution in [1.82, 2.24) is 0 Å². The van der Waals surface area contributed by atoms with E-state index in [1.165, 1.54) is 7.11 Å². The molecule has 1 aliphatic heterocycles. The monoisotopic (exact) mass is 344 g/mol. The van der Waals surface area contributed by atoms with Crippen LogP contribution in [0.15, 0.2) is 53.0 Å². The van der Waals surface area contributed by atoms with Gasteiger partial charge in [0.1, 0.15) is 17.3 Å². The van der Waals surface area contributed by atoms with Crippen LogP contribution in [0.4, 0.5) is 0 Å². The number of rotatable bonds is 2. The molecule has 4 rings (SSSR count). The lowest BCUT2D eigenvalue weighted by Crippen LogP contribution is -2.30. The Morgan fingerprint density at radius 2 is 1.90 bits per heavy atom. The van der Waals surface area contributed by atoms with Crippen molar-refractivity contribution in [2.24, 2.45) is 0 Å². The molecular formula is C17H13BrO3. The zero-order valence-electron chi connectivity index (χ0n) is 11.4. The summed E-state index contributed by atoms with van der Waals surface area (Å²) in [5.74, 6) is 0.695. The van der Waals surface area contributed by atoms with E-state index in [0.29, 0.717) is 0 Å². The minimum atomic E-state index is -0.705. The highest BCUT2D eigenvalue weighted by atomic mass is 79.9. The number of fused-ring (bicyclic) bond motifs is 3. The van der Waals surface area contributed by atoms with E-state index in [9.17, 15) is 4.79 Å². The van der Waals surface area contributed by atoms with Crippen LogP contribution < -0.4 is 4.74 Å². The number of carbonyl (C=O) groups excluding carboxylic acids is 1. The molecule has 1 saturated carbocycles. The molecule has 1 fully saturated rings. The van der Waals surface area contributed by atoms with Crippen LogP contribution in [0.2, 0.25) is 0 Å². The number of benzene rings is 2. The summed E-state index contributed by atoms with van der Waals surface area (Å²) in [7, 11) is 1.43. The number of methoxy groups -OCH3 is 1. The molecule has 0 spiro atoms. The summed E-state index contributed by atoms with van der Waals surface area (Å²) < 4.78 is 12.1. The number of hydrogen-bond acceptors (Lipinski definition) is 3. The van der Waals surface area contributed by atoms with Crippen molar-refractivity contribution in [1.29, 1.82) is 0 Å². The molecule has 0 saturated heterocycles. The number of hydrogen-bond donors (Lipinski definition) is 0. The molecule has 106 valence electrons. The maximum atomic E-state index is 12.5. The van der Waals surface area contributed by atoms with E-state index < -0.39 is 5.41 Å². The Balaban J connectivity index is 1.84. The molecule has 0 radical (unpaired) electrons. The summed E-state index contributed by atoms with van der Waals surface area (Å²) in [6, 6.07) is 15.7. The Bertz CT molecular complexity index is 725. The Labute approximate surface area is 131 Å². The van der Waals surface area contributed by atoms with Gasteiger partial charge in [0.05, 0.1) is 13.0 Å². The van der Waals surface area contributed by atoms with Gasteiger partial charge < -0.3 is 9.47 Å². The van der Waals surface area contributed by atoms with Crippen molar-refractivity contribution in [3.05, 3.63) is 64.1 Å². The molecule has 1 heterocycles. The smallest absolute Gasteiger partial charge is 0.320 e. The van der Waals surface area contributed by atoms with Crippen LogP contribution >= 0.6 is 15.9 Å². The van der Waals surface area contributed by atoms with E-state index in [4.69, 9.17) is 9.47 Å². The average Bonchev–Trinajstić information content (AvgIpc) is 3.00. The van der Waals surface area contributed by atoms with E-state index in [2.05, 4.69) is 15.9 Å². The standard InChI is InChI=1S/C17H13BrO3/c1-20-16(19)17(10-6-8-11(18)9-7-10)14-12-4-2-3-5-13(12)21-15(14)17/h2-9,14-15H,1H3/t14-,15+,17+/m0/s1. The number of para-hydroxylation sites is 1. The lowest BCUT2D eigenvalue weighted by Gasteiger charge is -2.19. The van der Waals surface area contributed by atoms with Gasteiger partial charge in [-0.15, -0.1) is 0 Å². The van der Waals surface area contributed by atoms with Gasteiger partial charge in [0.15, 0.2) is 0 Å². The average molecular weight is 345 g/mol. The topological polar surface area (TPSA) is 35.5 Å². The minimum Gasteiger partial charge on any atom is -0.488 e. The maximum Gasteiger partial charge on any atom is 0.320 e. The maximum absolute atomic E-state index is 12.5. The second-order valence-corrected chi connectivity index (χ2v) is 6.34. The first-order valence-corrected chi connectivity index (χ1v) is 7.59. The number of esters is 1. The Kier molecular flexibility index (Phi) is 2.67. The fraction of sp³-hybridized carbons (Fsp3) is 0.235. The van der Waals surface area contributed by atoms with Crippen molar-refractivity contribution in [2.75, 3.05) is 7.11 Å². The molecule has 3 atom stereocenters. The molecule has 0 bridgehead atoms. The summed E-state index contributed by atoms with van der Waals surface area (Å²) in [5.41, 5.74) is 1.34. The van der Waals surface area contributed by atoms with Crippen LogP contribution in [0.1, 0.15) is 17.0 Å². The summed E-state index contributed by atoms with van der Waals surface area (Å²) in [5, 5.41) is 0. The van der Waals surface area contributed by atoms with Crippen LogP contribution in [0.25, 0.3) is 0 Å². The molecule has 2 aromatic carbocycles. The van der Waals surface area contributed by atoms with Crippen LogP contribution in [0.5, 0.6) is 5.75 Å². The van der Waals surface area contributed by atoms with Gasteiger partial charge in [0, 0.05) is 10.0 Å². The highest BCUT2D eigenvalue weighted by molar-refractivity contribution is 9.10. The summed E-state index contributed by atoms with van der Waals surface area (Å²) in [6.07, 6.45) is -0.163. The number of halogens is 1. The van der Waals surface area contributed by atoms with Crippen molar-refractivity contribution in [2.45, 2.75) is 17.4 Å². The summed E-state index contributed by atoms with van der Waals surface area (Å²) >= 11 is 3.43. The lowest BCUT2D eigenvalue weighted by atomic mass is 9.89. The highest BCUT2D eigenvalue weighted by Crippen LogP contribution is 2.68. The number of carbonyl (C=O) groups is 1. The lowest BCUT2D eigenvalue weighted by molar-refractivity contribution is -0.144. The van der Waals surface area contributed by atoms with E-state index in [0.717, 1.165) is 21.3 Å². The zero-order valence-corrected chi connectivity index (χ0v) is 13.0. The third kappa shape index (κ3) is 1.57. The molecule has 0 unspecified atom stereocenters. The van der Waals surface area contributed by atoms with Gasteiger partial charge in [-0.05, 0) is 23.8 Å². The van der Waals surface area contributed by atoms with E-state index in [-0.39, 0.29) is 18.0 Å². The molecule has 0 aromatic heterocycles. The Morgan fingerprint density at radius 1 is 1.19 bits per heavy atom. The summed E-state index contributed by atoms with van der Waals surface area (Å²) in [6.45, 7) is 0. The van der Waals surface area contributed by atoms with E-state index >= 15 is 0 Å². The number of ether oxygens (including phenoxy) is 2. The van der Waals surface area contributed by atoms with Crippen molar-refractivity contribution in [3.63, 3.8) is 0 Å². The predicted molar refractivity (Wildman–Crippen MR) is 81.4 cm³/mol. The fourth-order valence-corrected chi connectivity index (χ4v) is 3.77. The molecule has 0 N–H and O–H groups in total. The largest absolute Gasteiger partial charge is 0.488 e. The second-order valence-electron chi connectivity index (χ2n) is 5.42. The predicted octanol–water partition coefficient (Wildman–Crippen LogP) is 3.42. The molecular weight excluding hydrogens is 332 g/mol. The van der Waals surface area contributed by atoms with Gasteiger partial charge in [0.2, 0.25) is 0 Å². The SMILES string of the molecule is COC(=O)[C@@]1(c2ccc(Br)cc2)[C@@H]2Oc3ccccc3[C@@H]21. The van der Waals surface area contributed by atoms with Crippen LogP contribution in [-0.4, -0.2) is 19.2 Å². The van der Waals surface area contributed by atoms with Crippen molar-refractivity contribution in [3.8, 4) is 5.75 Å². The third-order valence-corrected chi connectivity index (χ3v) is 5.01. The Hall–Kier alpha value is -1.81. The second kappa shape index (κ2) is 4.34. The molecule has 2 aromatic rings. The molecule has 2 aliphatic rings. The third-order valence-electron chi connectivity index (χ3n) is 4.49. The van der Waals surface area contributed by atoms with Gasteiger partial charge in [0.25, 0.3) is 0 Å². The first kappa shape index (κ1) is 12.9. The van der Waals surface area contributed by atoms with Crippen LogP contribution in [-0.2, 0) is 14.9 Å².